The summed E-state index contributed by atoms with van der Waals surface area (Å²) in [6.07, 6.45) is 2.83. The van der Waals surface area contributed by atoms with Crippen molar-refractivity contribution in [1.29, 1.82) is 0 Å². The molecule has 4 rings (SSSR count). The van der Waals surface area contributed by atoms with Gasteiger partial charge < -0.3 is 20.3 Å². The van der Waals surface area contributed by atoms with Gasteiger partial charge in [0.25, 0.3) is 0 Å². The van der Waals surface area contributed by atoms with Crippen molar-refractivity contribution in [2.45, 2.75) is 33.4 Å². The molecule has 0 aliphatic carbocycles. The Kier molecular flexibility index (Phi) is 5.70. The molecule has 0 bridgehead atoms. The molecule has 0 saturated heterocycles. The van der Waals surface area contributed by atoms with E-state index in [2.05, 4.69) is 57.8 Å². The van der Waals surface area contributed by atoms with E-state index in [4.69, 9.17) is 9.72 Å². The summed E-state index contributed by atoms with van der Waals surface area (Å²) in [6.45, 7) is 6.62. The van der Waals surface area contributed by atoms with Gasteiger partial charge >= 0.3 is 0 Å². The summed E-state index contributed by atoms with van der Waals surface area (Å²) in [5.74, 6) is 2.65. The molecule has 1 aliphatic heterocycles. The number of nitrogens with zero attached hydrogens (tertiary/aromatic N) is 4. The summed E-state index contributed by atoms with van der Waals surface area (Å²) in [4.78, 5) is 7.00. The van der Waals surface area contributed by atoms with E-state index in [-0.39, 0.29) is 0 Å². The molecule has 0 radical (unpaired) electrons. The molecule has 3 heterocycles. The fraction of sp³-hybridized carbons (Fsp3) is 0.348. The molecule has 0 fully saturated rings. The standard InChI is InChI=1S/C23H28N6O/c1-15-16(2)23(28-27-22(15)24-3)29-10-9-21-18(14-29)11-19(13-26-21)25-12-17-5-7-20(30-4)8-6-17/h5-8,11,13,25H,9-10,12,14H2,1-4H3,(H,24,27). The van der Waals surface area contributed by atoms with Crippen LogP contribution in [0.1, 0.15) is 27.9 Å². The maximum Gasteiger partial charge on any atom is 0.154 e. The highest BCUT2D eigenvalue weighted by Crippen LogP contribution is 2.29. The van der Waals surface area contributed by atoms with Crippen LogP contribution < -0.4 is 20.3 Å². The van der Waals surface area contributed by atoms with E-state index >= 15 is 0 Å². The number of nitrogens with one attached hydrogen (secondary N) is 2. The summed E-state index contributed by atoms with van der Waals surface area (Å²) < 4.78 is 5.22. The lowest BCUT2D eigenvalue weighted by Gasteiger charge is -2.30. The van der Waals surface area contributed by atoms with Crippen molar-refractivity contribution in [3.8, 4) is 5.75 Å². The van der Waals surface area contributed by atoms with Crippen molar-refractivity contribution in [3.05, 3.63) is 64.5 Å². The van der Waals surface area contributed by atoms with E-state index in [9.17, 15) is 0 Å². The van der Waals surface area contributed by atoms with Crippen molar-refractivity contribution >= 4 is 17.3 Å². The second kappa shape index (κ2) is 8.57. The van der Waals surface area contributed by atoms with Crippen LogP contribution in [-0.2, 0) is 19.5 Å². The van der Waals surface area contributed by atoms with Crippen LogP contribution in [0.5, 0.6) is 5.75 Å². The van der Waals surface area contributed by atoms with Crippen LogP contribution >= 0.6 is 0 Å². The molecule has 0 spiro atoms. The number of hydrogen-bond donors (Lipinski definition) is 2. The molecule has 0 atom stereocenters. The lowest BCUT2D eigenvalue weighted by Crippen LogP contribution is -2.32. The third-order valence-corrected chi connectivity index (χ3v) is 5.73. The van der Waals surface area contributed by atoms with Crippen LogP contribution in [0.2, 0.25) is 0 Å². The van der Waals surface area contributed by atoms with Crippen molar-refractivity contribution < 1.29 is 4.74 Å². The number of aromatic nitrogens is 3. The minimum absolute atomic E-state index is 0.740. The highest BCUT2D eigenvalue weighted by atomic mass is 16.5. The van der Waals surface area contributed by atoms with E-state index in [1.54, 1.807) is 7.11 Å². The molecule has 30 heavy (non-hydrogen) atoms. The number of anilines is 3. The van der Waals surface area contributed by atoms with Crippen LogP contribution in [0.4, 0.5) is 17.3 Å². The van der Waals surface area contributed by atoms with Crippen molar-refractivity contribution in [1.82, 2.24) is 15.2 Å². The smallest absolute Gasteiger partial charge is 0.154 e. The third kappa shape index (κ3) is 4.01. The molecular weight excluding hydrogens is 376 g/mol. The number of fused-ring (bicyclic) bond motifs is 1. The van der Waals surface area contributed by atoms with Crippen molar-refractivity contribution in [2.24, 2.45) is 0 Å². The van der Waals surface area contributed by atoms with Gasteiger partial charge in [-0.3, -0.25) is 4.98 Å². The molecule has 2 N–H and O–H groups in total. The average molecular weight is 405 g/mol. The fourth-order valence-corrected chi connectivity index (χ4v) is 3.78. The Morgan fingerprint density at radius 3 is 2.63 bits per heavy atom. The second-order valence-corrected chi connectivity index (χ2v) is 7.58. The maximum absolute atomic E-state index is 5.22. The minimum Gasteiger partial charge on any atom is -0.497 e. The average Bonchev–Trinajstić information content (AvgIpc) is 2.79. The molecule has 1 aliphatic rings. The topological polar surface area (TPSA) is 75.2 Å². The number of pyridine rings is 1. The number of benzene rings is 1. The zero-order valence-electron chi connectivity index (χ0n) is 18.0. The van der Waals surface area contributed by atoms with E-state index < -0.39 is 0 Å². The lowest BCUT2D eigenvalue weighted by atomic mass is 10.0. The fourth-order valence-electron chi connectivity index (χ4n) is 3.78. The van der Waals surface area contributed by atoms with Gasteiger partial charge in [-0.05, 0) is 48.7 Å². The summed E-state index contributed by atoms with van der Waals surface area (Å²) in [5.41, 5.74) is 6.92. The van der Waals surface area contributed by atoms with Gasteiger partial charge in [0, 0.05) is 44.4 Å². The highest BCUT2D eigenvalue weighted by Gasteiger charge is 2.22. The quantitative estimate of drug-likeness (QED) is 0.649. The second-order valence-electron chi connectivity index (χ2n) is 7.58. The Morgan fingerprint density at radius 1 is 1.10 bits per heavy atom. The number of rotatable bonds is 6. The molecule has 0 saturated carbocycles. The summed E-state index contributed by atoms with van der Waals surface area (Å²) >= 11 is 0. The van der Waals surface area contributed by atoms with Gasteiger partial charge in [0.05, 0.1) is 19.0 Å². The molecule has 0 unspecified atom stereocenters. The summed E-state index contributed by atoms with van der Waals surface area (Å²) in [6, 6.07) is 10.3. The number of hydrogen-bond acceptors (Lipinski definition) is 7. The van der Waals surface area contributed by atoms with Gasteiger partial charge in [0.1, 0.15) is 5.75 Å². The predicted molar refractivity (Wildman–Crippen MR) is 120 cm³/mol. The van der Waals surface area contributed by atoms with Gasteiger partial charge in [-0.25, -0.2) is 0 Å². The van der Waals surface area contributed by atoms with Crippen molar-refractivity contribution in [3.63, 3.8) is 0 Å². The van der Waals surface area contributed by atoms with Gasteiger partial charge in [-0.2, -0.15) is 0 Å². The first kappa shape index (κ1) is 19.9. The monoisotopic (exact) mass is 404 g/mol. The van der Waals surface area contributed by atoms with Gasteiger partial charge in [0.15, 0.2) is 11.6 Å². The van der Waals surface area contributed by atoms with E-state index in [0.717, 1.165) is 60.4 Å². The molecule has 156 valence electrons. The predicted octanol–water partition coefficient (Wildman–Crippen LogP) is 3.71. The molecule has 1 aromatic carbocycles. The molecule has 0 amide bonds. The van der Waals surface area contributed by atoms with Crippen molar-refractivity contribution in [2.75, 3.05) is 36.2 Å². The first-order chi connectivity index (χ1) is 14.6. The first-order valence-electron chi connectivity index (χ1n) is 10.2. The van der Waals surface area contributed by atoms with Crippen LogP contribution in [0.15, 0.2) is 36.5 Å². The van der Waals surface area contributed by atoms with Crippen LogP contribution in [0.3, 0.4) is 0 Å². The molecule has 2 aromatic heterocycles. The Labute approximate surface area is 177 Å². The van der Waals surface area contributed by atoms with Gasteiger partial charge in [-0.1, -0.05) is 12.1 Å². The van der Waals surface area contributed by atoms with E-state index in [1.165, 1.54) is 16.7 Å². The zero-order chi connectivity index (χ0) is 21.1. The maximum atomic E-state index is 5.22. The first-order valence-corrected chi connectivity index (χ1v) is 10.2. The van der Waals surface area contributed by atoms with Crippen LogP contribution in [0, 0.1) is 13.8 Å². The van der Waals surface area contributed by atoms with Crippen LogP contribution in [-0.4, -0.2) is 35.9 Å². The number of ether oxygens (including phenoxy) is 1. The Bertz CT molecular complexity index is 1030. The summed E-state index contributed by atoms with van der Waals surface area (Å²) in [5, 5.41) is 15.4. The molecule has 7 nitrogen and oxygen atoms in total. The largest absolute Gasteiger partial charge is 0.497 e. The molecule has 3 aromatic rings. The number of methoxy groups -OCH3 is 1. The molecular formula is C23H28N6O. The summed E-state index contributed by atoms with van der Waals surface area (Å²) in [7, 11) is 3.55. The normalized spacial score (nSPS) is 13.0. The highest BCUT2D eigenvalue weighted by molar-refractivity contribution is 5.58. The van der Waals surface area contributed by atoms with Crippen LogP contribution in [0.25, 0.3) is 0 Å². The SMILES string of the molecule is CNc1nnc(N2CCc3ncc(NCc4ccc(OC)cc4)cc3C2)c(C)c1C. The zero-order valence-corrected chi connectivity index (χ0v) is 18.0. The Hall–Kier alpha value is -3.35. The molecule has 7 heteroatoms. The minimum atomic E-state index is 0.740. The Morgan fingerprint density at radius 2 is 1.90 bits per heavy atom. The van der Waals surface area contributed by atoms with E-state index in [1.807, 2.05) is 25.4 Å². The lowest BCUT2D eigenvalue weighted by molar-refractivity contribution is 0.414. The third-order valence-electron chi connectivity index (χ3n) is 5.73. The van der Waals surface area contributed by atoms with E-state index in [0.29, 0.717) is 0 Å². The van der Waals surface area contributed by atoms with Gasteiger partial charge in [-0.15, -0.1) is 10.2 Å². The Balaban J connectivity index is 1.48. The van der Waals surface area contributed by atoms with Gasteiger partial charge in [0.2, 0.25) is 0 Å².